The van der Waals surface area contributed by atoms with Gasteiger partial charge in [-0.05, 0) is 0 Å². The third-order valence-electron chi connectivity index (χ3n) is 1.03. The minimum atomic E-state index is -0.505. The van der Waals surface area contributed by atoms with Crippen molar-refractivity contribution < 1.29 is 14.8 Å². The molecule has 2 amide bonds. The average Bonchev–Trinajstić information content (AvgIpc) is 1.98. The highest BCUT2D eigenvalue weighted by molar-refractivity contribution is 7.59. The van der Waals surface area contributed by atoms with E-state index < -0.39 is 11.8 Å². The van der Waals surface area contributed by atoms with Crippen LogP contribution in [0, 0.1) is 0 Å². The number of nitrogens with zero attached hydrogens (tertiary/aromatic N) is 1. The minimum Gasteiger partial charge on any atom is -0.279 e. The molecule has 1 heterocycles. The Balaban J connectivity index is 0.000000640. The highest BCUT2D eigenvalue weighted by Gasteiger charge is 2.26. The van der Waals surface area contributed by atoms with Gasteiger partial charge in [0.2, 0.25) is 0 Å². The molecule has 0 aromatic carbocycles. The van der Waals surface area contributed by atoms with Crippen LogP contribution in [0.15, 0.2) is 0 Å². The summed E-state index contributed by atoms with van der Waals surface area (Å²) in [4.78, 5) is 20.5. The van der Waals surface area contributed by atoms with Crippen molar-refractivity contribution in [3.63, 3.8) is 0 Å². The van der Waals surface area contributed by atoms with Crippen LogP contribution in [0.3, 0.4) is 0 Å². The molecule has 0 aliphatic carbocycles. The maximum atomic E-state index is 10.2. The lowest BCUT2D eigenvalue weighted by molar-refractivity contribution is -0.171. The second-order valence-electron chi connectivity index (χ2n) is 1.60. The largest absolute Gasteiger partial charge is 0.279 e. The first-order valence-corrected chi connectivity index (χ1v) is 2.26. The smallest absolute Gasteiger partial charge is 0.253 e. The first-order chi connectivity index (χ1) is 3.72. The second-order valence-corrected chi connectivity index (χ2v) is 1.60. The second kappa shape index (κ2) is 2.84. The van der Waals surface area contributed by atoms with Gasteiger partial charge in [-0.15, -0.1) is 0 Å². The molecule has 0 bridgehead atoms. The molecule has 0 unspecified atom stereocenters. The number of rotatable bonds is 0. The molecule has 4 nitrogen and oxygen atoms in total. The van der Waals surface area contributed by atoms with Gasteiger partial charge in [0.05, 0.1) is 0 Å². The summed E-state index contributed by atoms with van der Waals surface area (Å²) in [5.74, 6) is -1.01. The van der Waals surface area contributed by atoms with Gasteiger partial charge >= 0.3 is 0 Å². The molecule has 1 aliphatic rings. The van der Waals surface area contributed by atoms with Gasteiger partial charge < -0.3 is 0 Å². The first-order valence-electron chi connectivity index (χ1n) is 2.26. The monoisotopic (exact) mass is 149 g/mol. The highest BCUT2D eigenvalue weighted by Crippen LogP contribution is 2.06. The molecule has 0 aromatic heterocycles. The Bertz CT molecular complexity index is 131. The Morgan fingerprint density at radius 3 is 1.67 bits per heavy atom. The van der Waals surface area contributed by atoms with Crippen LogP contribution in [-0.2, 0) is 9.59 Å². The van der Waals surface area contributed by atoms with Crippen LogP contribution in [0.4, 0.5) is 0 Å². The van der Waals surface area contributed by atoms with Gasteiger partial charge in [0, 0.05) is 12.8 Å². The molecule has 0 saturated carbocycles. The van der Waals surface area contributed by atoms with Gasteiger partial charge in [0.15, 0.2) is 0 Å². The van der Waals surface area contributed by atoms with Crippen LogP contribution in [-0.4, -0.2) is 22.1 Å². The quantitative estimate of drug-likeness (QED) is 0.378. The third kappa shape index (κ3) is 1.43. The van der Waals surface area contributed by atoms with Crippen molar-refractivity contribution >= 4 is 25.3 Å². The zero-order chi connectivity index (χ0) is 6.15. The van der Waals surface area contributed by atoms with Crippen LogP contribution >= 0.6 is 13.5 Å². The Kier molecular flexibility index (Phi) is 2.66. The van der Waals surface area contributed by atoms with E-state index in [2.05, 4.69) is 0 Å². The summed E-state index contributed by atoms with van der Waals surface area (Å²) in [7, 11) is 0. The van der Waals surface area contributed by atoms with Gasteiger partial charge in [-0.2, -0.15) is 18.6 Å². The summed E-state index contributed by atoms with van der Waals surface area (Å²) in [5, 5.41) is 8.57. The van der Waals surface area contributed by atoms with E-state index in [1.54, 1.807) is 0 Å². The third-order valence-corrected chi connectivity index (χ3v) is 1.03. The molecular weight excluding hydrogens is 142 g/mol. The Morgan fingerprint density at radius 1 is 1.22 bits per heavy atom. The van der Waals surface area contributed by atoms with Crippen LogP contribution < -0.4 is 0 Å². The van der Waals surface area contributed by atoms with E-state index in [1.165, 1.54) is 0 Å². The minimum absolute atomic E-state index is 0. The number of amides is 2. The SMILES string of the molecule is O=C1CCC(=O)N1O.S. The lowest BCUT2D eigenvalue weighted by atomic mass is 10.4. The summed E-state index contributed by atoms with van der Waals surface area (Å²) in [6.45, 7) is 0. The Labute approximate surface area is 58.9 Å². The van der Waals surface area contributed by atoms with Crippen molar-refractivity contribution in [2.45, 2.75) is 12.8 Å². The Morgan fingerprint density at radius 2 is 1.56 bits per heavy atom. The van der Waals surface area contributed by atoms with E-state index in [-0.39, 0.29) is 31.4 Å². The summed E-state index contributed by atoms with van der Waals surface area (Å²) < 4.78 is 0. The fraction of sp³-hybridized carbons (Fsp3) is 0.500. The van der Waals surface area contributed by atoms with Crippen molar-refractivity contribution in [3.8, 4) is 0 Å². The highest BCUT2D eigenvalue weighted by atomic mass is 32.1. The van der Waals surface area contributed by atoms with E-state index in [1.807, 2.05) is 0 Å². The molecule has 0 atom stereocenters. The molecular formula is C4H7NO3S. The molecule has 1 rings (SSSR count). The summed E-state index contributed by atoms with van der Waals surface area (Å²) in [5.41, 5.74) is 0. The number of carbonyl (C=O) groups excluding carboxylic acids is 2. The van der Waals surface area contributed by atoms with Crippen molar-refractivity contribution in [2.75, 3.05) is 0 Å². The number of carbonyl (C=O) groups is 2. The predicted octanol–water partition coefficient (Wildman–Crippen LogP) is -0.363. The standard InChI is InChI=1S/C4H5NO3.H2S/c6-3-1-2-4(7)5(3)8;/h8H,1-2H2;1H2. The topological polar surface area (TPSA) is 57.6 Å². The number of hydrogen-bond donors (Lipinski definition) is 1. The van der Waals surface area contributed by atoms with E-state index in [0.29, 0.717) is 0 Å². The molecule has 0 aromatic rings. The fourth-order valence-corrected chi connectivity index (χ4v) is 0.565. The molecule has 1 fully saturated rings. The first kappa shape index (κ1) is 8.45. The van der Waals surface area contributed by atoms with Crippen LogP contribution in [0.2, 0.25) is 0 Å². The van der Waals surface area contributed by atoms with Crippen LogP contribution in [0.25, 0.3) is 0 Å². The van der Waals surface area contributed by atoms with Crippen molar-refractivity contribution in [1.82, 2.24) is 5.06 Å². The van der Waals surface area contributed by atoms with Crippen molar-refractivity contribution in [2.24, 2.45) is 0 Å². The average molecular weight is 149 g/mol. The number of hydrogen-bond acceptors (Lipinski definition) is 3. The van der Waals surface area contributed by atoms with Crippen molar-refractivity contribution in [3.05, 3.63) is 0 Å². The van der Waals surface area contributed by atoms with Gasteiger partial charge in [0.1, 0.15) is 0 Å². The molecule has 1 N–H and O–H groups in total. The fourth-order valence-electron chi connectivity index (χ4n) is 0.565. The lowest BCUT2D eigenvalue weighted by Crippen LogP contribution is -2.24. The molecule has 5 heteroatoms. The van der Waals surface area contributed by atoms with E-state index in [9.17, 15) is 9.59 Å². The molecule has 9 heavy (non-hydrogen) atoms. The van der Waals surface area contributed by atoms with Gasteiger partial charge in [-0.25, -0.2) is 0 Å². The van der Waals surface area contributed by atoms with Crippen LogP contribution in [0.5, 0.6) is 0 Å². The van der Waals surface area contributed by atoms with Gasteiger partial charge in [-0.3, -0.25) is 14.8 Å². The van der Waals surface area contributed by atoms with E-state index >= 15 is 0 Å². The maximum Gasteiger partial charge on any atom is 0.253 e. The summed E-state index contributed by atoms with van der Waals surface area (Å²) >= 11 is 0. The van der Waals surface area contributed by atoms with Crippen LogP contribution in [0.1, 0.15) is 12.8 Å². The summed E-state index contributed by atoms with van der Waals surface area (Å²) in [6.07, 6.45) is 0.296. The number of hydroxylamine groups is 2. The van der Waals surface area contributed by atoms with Gasteiger partial charge in [-0.1, -0.05) is 0 Å². The van der Waals surface area contributed by atoms with Gasteiger partial charge in [0.25, 0.3) is 11.8 Å². The zero-order valence-electron chi connectivity index (χ0n) is 4.63. The van der Waals surface area contributed by atoms with E-state index in [0.717, 1.165) is 0 Å². The predicted molar refractivity (Wildman–Crippen MR) is 33.3 cm³/mol. The van der Waals surface area contributed by atoms with Crippen molar-refractivity contribution in [1.29, 1.82) is 0 Å². The molecule has 1 saturated heterocycles. The lowest BCUT2D eigenvalue weighted by Gasteiger charge is -1.98. The zero-order valence-corrected chi connectivity index (χ0v) is 5.63. The number of imide groups is 1. The Hall–Kier alpha value is -0.550. The summed E-state index contributed by atoms with van der Waals surface area (Å²) in [6, 6.07) is 0. The molecule has 0 spiro atoms. The molecule has 1 aliphatic heterocycles. The molecule has 52 valence electrons. The normalized spacial score (nSPS) is 18.1. The van der Waals surface area contributed by atoms with E-state index in [4.69, 9.17) is 5.21 Å². The maximum absolute atomic E-state index is 10.2. The molecule has 0 radical (unpaired) electrons.